The zero-order chi connectivity index (χ0) is 14.8. The van der Waals surface area contributed by atoms with Gasteiger partial charge in [-0.05, 0) is 43.9 Å². The molecule has 8 heteroatoms. The first-order valence-corrected chi connectivity index (χ1v) is 6.87. The van der Waals surface area contributed by atoms with Gasteiger partial charge < -0.3 is 5.32 Å². The van der Waals surface area contributed by atoms with Crippen LogP contribution in [0.25, 0.3) is 0 Å². The van der Waals surface area contributed by atoms with Crippen molar-refractivity contribution in [2.75, 3.05) is 7.05 Å². The van der Waals surface area contributed by atoms with Crippen LogP contribution in [-0.4, -0.2) is 39.5 Å². The molecule has 0 saturated heterocycles. The van der Waals surface area contributed by atoms with E-state index >= 15 is 0 Å². The fourth-order valence-electron chi connectivity index (χ4n) is 2.96. The number of hydrogen-bond donors (Lipinski definition) is 1. The Balaban J connectivity index is 1.90. The van der Waals surface area contributed by atoms with Crippen LogP contribution in [-0.2, 0) is 13.5 Å². The minimum absolute atomic E-state index is 0.105. The fourth-order valence-corrected chi connectivity index (χ4v) is 2.96. The average Bonchev–Trinajstić information content (AvgIpc) is 2.81. The number of nitrogens with zero attached hydrogens (tertiary/aromatic N) is 4. The Labute approximate surface area is 115 Å². The molecule has 20 heavy (non-hydrogen) atoms. The number of aryl methyl sites for hydroxylation is 1. The highest BCUT2D eigenvalue weighted by molar-refractivity contribution is 4.90. The number of alkyl halides is 3. The maximum atomic E-state index is 12.7. The summed E-state index contributed by atoms with van der Waals surface area (Å²) in [4.78, 5) is 1.39. The van der Waals surface area contributed by atoms with Crippen molar-refractivity contribution >= 4 is 0 Å². The number of halogens is 3. The van der Waals surface area contributed by atoms with Crippen molar-refractivity contribution in [1.29, 1.82) is 0 Å². The lowest BCUT2D eigenvalue weighted by Crippen LogP contribution is -2.39. The van der Waals surface area contributed by atoms with Gasteiger partial charge in [-0.2, -0.15) is 18.0 Å². The second kappa shape index (κ2) is 6.07. The summed E-state index contributed by atoms with van der Waals surface area (Å²) in [6, 6.07) is 0.105. The average molecular weight is 291 g/mol. The number of likely N-dealkylation sites (N-methyl/N-ethyl adjacent to an activating group) is 1. The summed E-state index contributed by atoms with van der Waals surface area (Å²) < 4.78 is 38.0. The van der Waals surface area contributed by atoms with E-state index in [9.17, 15) is 13.2 Å². The van der Waals surface area contributed by atoms with Crippen LogP contribution in [0.4, 0.5) is 13.2 Å². The van der Waals surface area contributed by atoms with Gasteiger partial charge in [0, 0.05) is 12.5 Å². The van der Waals surface area contributed by atoms with Crippen molar-refractivity contribution < 1.29 is 13.2 Å². The zero-order valence-corrected chi connectivity index (χ0v) is 11.7. The van der Waals surface area contributed by atoms with E-state index < -0.39 is 12.1 Å². The lowest BCUT2D eigenvalue weighted by Gasteiger charge is -2.34. The van der Waals surface area contributed by atoms with E-state index in [4.69, 9.17) is 0 Å². The van der Waals surface area contributed by atoms with Gasteiger partial charge in [-0.1, -0.05) is 0 Å². The van der Waals surface area contributed by atoms with Gasteiger partial charge in [0.15, 0.2) is 5.82 Å². The zero-order valence-electron chi connectivity index (χ0n) is 11.7. The third kappa shape index (κ3) is 3.68. The van der Waals surface area contributed by atoms with Gasteiger partial charge in [0.1, 0.15) is 0 Å². The Morgan fingerprint density at radius 1 is 1.30 bits per heavy atom. The lowest BCUT2D eigenvalue weighted by molar-refractivity contribution is -0.184. The molecule has 1 aliphatic carbocycles. The van der Waals surface area contributed by atoms with Crippen molar-refractivity contribution in [1.82, 2.24) is 25.5 Å². The van der Waals surface area contributed by atoms with E-state index in [1.165, 1.54) is 4.80 Å². The molecule has 0 bridgehead atoms. The Bertz CT molecular complexity index is 423. The molecular formula is C12H20F3N5. The van der Waals surface area contributed by atoms with Crippen LogP contribution in [0.5, 0.6) is 0 Å². The SMILES string of the molecule is CNC(Cc1nnn(C)n1)C1CCC(C(F)(F)F)CC1. The van der Waals surface area contributed by atoms with Gasteiger partial charge >= 0.3 is 6.18 Å². The van der Waals surface area contributed by atoms with Crippen LogP contribution < -0.4 is 5.32 Å². The Morgan fingerprint density at radius 2 is 1.95 bits per heavy atom. The van der Waals surface area contributed by atoms with Crippen LogP contribution >= 0.6 is 0 Å². The highest BCUT2D eigenvalue weighted by atomic mass is 19.4. The first-order chi connectivity index (χ1) is 9.40. The first-order valence-electron chi connectivity index (χ1n) is 6.87. The van der Waals surface area contributed by atoms with E-state index in [1.807, 2.05) is 7.05 Å². The van der Waals surface area contributed by atoms with Crippen molar-refractivity contribution in [2.45, 2.75) is 44.3 Å². The third-order valence-electron chi connectivity index (χ3n) is 4.13. The van der Waals surface area contributed by atoms with Crippen LogP contribution in [0.3, 0.4) is 0 Å². The molecule has 5 nitrogen and oxygen atoms in total. The normalized spacial score (nSPS) is 25.6. The van der Waals surface area contributed by atoms with E-state index in [0.29, 0.717) is 25.1 Å². The van der Waals surface area contributed by atoms with Crippen molar-refractivity contribution in [2.24, 2.45) is 18.9 Å². The van der Waals surface area contributed by atoms with E-state index in [-0.39, 0.29) is 24.8 Å². The summed E-state index contributed by atoms with van der Waals surface area (Å²) in [7, 11) is 3.52. The molecule has 1 saturated carbocycles. The second-order valence-electron chi connectivity index (χ2n) is 5.45. The summed E-state index contributed by atoms with van der Waals surface area (Å²) in [5, 5.41) is 15.0. The molecule has 1 aromatic heterocycles. The first kappa shape index (κ1) is 15.2. The van der Waals surface area contributed by atoms with E-state index in [2.05, 4.69) is 20.7 Å². The minimum Gasteiger partial charge on any atom is -0.316 e. The summed E-state index contributed by atoms with van der Waals surface area (Å²) >= 11 is 0. The minimum atomic E-state index is -4.05. The van der Waals surface area contributed by atoms with Crippen molar-refractivity contribution in [3.63, 3.8) is 0 Å². The number of aromatic nitrogens is 4. The fraction of sp³-hybridized carbons (Fsp3) is 0.917. The lowest BCUT2D eigenvalue weighted by atomic mass is 9.77. The molecular weight excluding hydrogens is 271 g/mol. The molecule has 1 aromatic rings. The molecule has 1 atom stereocenters. The van der Waals surface area contributed by atoms with E-state index in [1.54, 1.807) is 7.05 Å². The van der Waals surface area contributed by atoms with Gasteiger partial charge in [-0.15, -0.1) is 10.2 Å². The topological polar surface area (TPSA) is 55.6 Å². The summed E-state index contributed by atoms with van der Waals surface area (Å²) in [6.45, 7) is 0. The largest absolute Gasteiger partial charge is 0.391 e. The molecule has 1 aliphatic rings. The maximum Gasteiger partial charge on any atom is 0.391 e. The predicted octanol–water partition coefficient (Wildman–Crippen LogP) is 1.71. The van der Waals surface area contributed by atoms with Crippen LogP contribution in [0.2, 0.25) is 0 Å². The highest BCUT2D eigenvalue weighted by Crippen LogP contribution is 2.40. The quantitative estimate of drug-likeness (QED) is 0.917. The maximum absolute atomic E-state index is 12.7. The molecule has 0 aromatic carbocycles. The molecule has 0 amide bonds. The van der Waals surface area contributed by atoms with Crippen LogP contribution in [0.1, 0.15) is 31.5 Å². The molecule has 0 radical (unpaired) electrons. The highest BCUT2D eigenvalue weighted by Gasteiger charge is 2.42. The second-order valence-corrected chi connectivity index (χ2v) is 5.45. The smallest absolute Gasteiger partial charge is 0.316 e. The van der Waals surface area contributed by atoms with Gasteiger partial charge in [0.2, 0.25) is 0 Å². The molecule has 0 aliphatic heterocycles. The van der Waals surface area contributed by atoms with Gasteiger partial charge in [0.25, 0.3) is 0 Å². The molecule has 2 rings (SSSR count). The molecule has 0 spiro atoms. The summed E-state index contributed by atoms with van der Waals surface area (Å²) in [6.07, 6.45) is -1.81. The Kier molecular flexibility index (Phi) is 4.62. The van der Waals surface area contributed by atoms with Crippen molar-refractivity contribution in [3.05, 3.63) is 5.82 Å². The predicted molar refractivity (Wildman–Crippen MR) is 66.9 cm³/mol. The van der Waals surface area contributed by atoms with Crippen LogP contribution in [0.15, 0.2) is 0 Å². The monoisotopic (exact) mass is 291 g/mol. The molecule has 114 valence electrons. The van der Waals surface area contributed by atoms with Crippen LogP contribution in [0, 0.1) is 11.8 Å². The molecule has 1 N–H and O–H groups in total. The van der Waals surface area contributed by atoms with Crippen molar-refractivity contribution in [3.8, 4) is 0 Å². The van der Waals surface area contributed by atoms with Gasteiger partial charge in [-0.3, -0.25) is 0 Å². The van der Waals surface area contributed by atoms with E-state index in [0.717, 1.165) is 0 Å². The molecule has 1 unspecified atom stereocenters. The number of nitrogens with one attached hydrogen (secondary N) is 1. The Hall–Kier alpha value is -1.18. The number of rotatable bonds is 4. The van der Waals surface area contributed by atoms with Gasteiger partial charge in [0.05, 0.1) is 13.0 Å². The number of tetrazole rings is 1. The third-order valence-corrected chi connectivity index (χ3v) is 4.13. The van der Waals surface area contributed by atoms with Gasteiger partial charge in [-0.25, -0.2) is 0 Å². The molecule has 1 fully saturated rings. The molecule has 1 heterocycles. The number of hydrogen-bond acceptors (Lipinski definition) is 4. The standard InChI is InChI=1S/C12H20F3N5/c1-16-10(7-11-17-19-20(2)18-11)8-3-5-9(6-4-8)12(13,14)15/h8-10,16H,3-7H2,1-2H3. The Morgan fingerprint density at radius 3 is 2.40 bits per heavy atom. The summed E-state index contributed by atoms with van der Waals surface area (Å²) in [5.74, 6) is -0.266. The summed E-state index contributed by atoms with van der Waals surface area (Å²) in [5.41, 5.74) is 0.